The van der Waals surface area contributed by atoms with Crippen molar-refractivity contribution in [1.82, 2.24) is 0 Å². The summed E-state index contributed by atoms with van der Waals surface area (Å²) < 4.78 is 57.5. The van der Waals surface area contributed by atoms with Gasteiger partial charge in [0.15, 0.2) is 6.61 Å². The van der Waals surface area contributed by atoms with Gasteiger partial charge in [-0.2, -0.15) is 13.2 Å². The molecule has 6 nitrogen and oxygen atoms in total. The second-order valence-electron chi connectivity index (χ2n) is 8.27. The summed E-state index contributed by atoms with van der Waals surface area (Å²) in [5.41, 5.74) is 1.45. The first-order chi connectivity index (χ1) is 17.0. The van der Waals surface area contributed by atoms with Crippen molar-refractivity contribution in [2.75, 3.05) is 11.9 Å². The lowest BCUT2D eigenvalue weighted by Crippen LogP contribution is -2.20. The molecule has 0 bridgehead atoms. The molecular weight excluding hydrogens is 475 g/mol. The molecule has 1 N–H and O–H groups in total. The molecule has 0 aliphatic heterocycles. The van der Waals surface area contributed by atoms with Gasteiger partial charge in [-0.3, -0.25) is 9.59 Å². The normalized spacial score (nSPS) is 11.4. The van der Waals surface area contributed by atoms with Gasteiger partial charge in [0, 0.05) is 11.8 Å². The van der Waals surface area contributed by atoms with Crippen LogP contribution < -0.4 is 20.2 Å². The predicted octanol–water partition coefficient (Wildman–Crippen LogP) is 6.55. The summed E-state index contributed by atoms with van der Waals surface area (Å²) in [5, 5.41) is 2.57. The third kappa shape index (κ3) is 5.35. The van der Waals surface area contributed by atoms with Crippen molar-refractivity contribution < 1.29 is 31.9 Å². The monoisotopic (exact) mass is 497 g/mol. The van der Waals surface area contributed by atoms with Crippen LogP contribution in [0.4, 0.5) is 18.9 Å². The van der Waals surface area contributed by atoms with Crippen molar-refractivity contribution in [3.63, 3.8) is 0 Å². The quantitative estimate of drug-likeness (QED) is 0.327. The van der Waals surface area contributed by atoms with Gasteiger partial charge in [-0.1, -0.05) is 30.3 Å². The van der Waals surface area contributed by atoms with Gasteiger partial charge < -0.3 is 19.2 Å². The van der Waals surface area contributed by atoms with E-state index >= 15 is 0 Å². The van der Waals surface area contributed by atoms with Crippen molar-refractivity contribution in [3.8, 4) is 17.2 Å². The lowest BCUT2D eigenvalue weighted by atomic mass is 10.1. The summed E-state index contributed by atoms with van der Waals surface area (Å²) in [4.78, 5) is 25.3. The maximum atomic E-state index is 13.8. The molecule has 1 heterocycles. The fourth-order valence-electron chi connectivity index (χ4n) is 3.50. The molecule has 0 aliphatic rings. The lowest BCUT2D eigenvalue weighted by molar-refractivity contribution is -0.154. The highest BCUT2D eigenvalue weighted by Crippen LogP contribution is 2.39. The van der Waals surface area contributed by atoms with Crippen molar-refractivity contribution in [1.29, 1.82) is 0 Å². The minimum Gasteiger partial charge on any atom is -0.484 e. The first kappa shape index (κ1) is 24.8. The Morgan fingerprint density at radius 1 is 0.972 bits per heavy atom. The van der Waals surface area contributed by atoms with E-state index in [9.17, 15) is 22.8 Å². The minimum absolute atomic E-state index is 0.0573. The van der Waals surface area contributed by atoms with Gasteiger partial charge in [-0.05, 0) is 61.7 Å². The number of carbonyl (C=O) groups excluding carboxylic acids is 1. The molecule has 0 aliphatic carbocycles. The number of hydrogen-bond donors (Lipinski definition) is 1. The zero-order valence-corrected chi connectivity index (χ0v) is 19.7. The third-order valence-electron chi connectivity index (χ3n) is 5.42. The van der Waals surface area contributed by atoms with Crippen LogP contribution in [0.1, 0.15) is 22.5 Å². The van der Waals surface area contributed by atoms with Gasteiger partial charge in [0.1, 0.15) is 17.1 Å². The van der Waals surface area contributed by atoms with Gasteiger partial charge in [-0.15, -0.1) is 0 Å². The average Bonchev–Trinajstić information content (AvgIpc) is 2.82. The Kier molecular flexibility index (Phi) is 6.74. The topological polar surface area (TPSA) is 77.8 Å². The molecule has 0 unspecified atom stereocenters. The molecule has 3 aromatic carbocycles. The van der Waals surface area contributed by atoms with E-state index in [1.54, 1.807) is 38.1 Å². The van der Waals surface area contributed by atoms with Crippen molar-refractivity contribution in [3.05, 3.63) is 93.3 Å². The Morgan fingerprint density at radius 2 is 1.72 bits per heavy atom. The lowest BCUT2D eigenvalue weighted by Gasteiger charge is -2.15. The van der Waals surface area contributed by atoms with E-state index in [2.05, 4.69) is 5.32 Å². The molecule has 0 atom stereocenters. The average molecular weight is 497 g/mol. The Labute approximate surface area is 204 Å². The van der Waals surface area contributed by atoms with Crippen LogP contribution in [-0.2, 0) is 11.0 Å². The molecule has 4 aromatic rings. The summed E-state index contributed by atoms with van der Waals surface area (Å²) in [6.45, 7) is 4.84. The van der Waals surface area contributed by atoms with Crippen LogP contribution in [-0.4, -0.2) is 12.5 Å². The van der Waals surface area contributed by atoms with E-state index < -0.39 is 35.6 Å². The summed E-state index contributed by atoms with van der Waals surface area (Å²) in [5.74, 6) is -2.79. The number of aryl methyl sites for hydroxylation is 3. The predicted molar refractivity (Wildman–Crippen MR) is 129 cm³/mol. The SMILES string of the molecule is Cc1ccc(C)c(Oc2c(C(F)(F)F)oc3cc(OCC(=O)Nc4ccccc4C)ccc3c2=O)c1. The van der Waals surface area contributed by atoms with Crippen LogP contribution >= 0.6 is 0 Å². The maximum absolute atomic E-state index is 13.8. The second kappa shape index (κ2) is 9.77. The van der Waals surface area contributed by atoms with Gasteiger partial charge in [0.05, 0.1) is 5.39 Å². The molecular formula is C27H22F3NO5. The van der Waals surface area contributed by atoms with Crippen molar-refractivity contribution in [2.45, 2.75) is 26.9 Å². The van der Waals surface area contributed by atoms with Gasteiger partial charge in [0.25, 0.3) is 11.7 Å². The van der Waals surface area contributed by atoms with Gasteiger partial charge in [-0.25, -0.2) is 0 Å². The number of fused-ring (bicyclic) bond motifs is 1. The largest absolute Gasteiger partial charge is 0.484 e. The summed E-state index contributed by atoms with van der Waals surface area (Å²) in [6, 6.07) is 15.9. The van der Waals surface area contributed by atoms with Gasteiger partial charge >= 0.3 is 6.18 Å². The van der Waals surface area contributed by atoms with E-state index in [4.69, 9.17) is 13.9 Å². The third-order valence-corrected chi connectivity index (χ3v) is 5.42. The number of benzene rings is 3. The number of anilines is 1. The number of para-hydroxylation sites is 1. The highest BCUT2D eigenvalue weighted by atomic mass is 19.4. The fourth-order valence-corrected chi connectivity index (χ4v) is 3.50. The molecule has 0 saturated heterocycles. The fraction of sp³-hybridized carbons (Fsp3) is 0.185. The van der Waals surface area contributed by atoms with E-state index in [0.717, 1.165) is 17.2 Å². The minimum atomic E-state index is -5.00. The molecule has 0 saturated carbocycles. The van der Waals surface area contributed by atoms with E-state index in [1.807, 2.05) is 19.1 Å². The van der Waals surface area contributed by atoms with E-state index in [-0.39, 0.29) is 22.5 Å². The standard InChI is InChI=1S/C27H22F3NO5/c1-15-8-9-17(3)21(12-15)35-25-24(33)19-11-10-18(13-22(19)36-26(25)27(28,29)30)34-14-23(32)31-20-7-5-4-6-16(20)2/h4-13H,14H2,1-3H3,(H,31,32). The molecule has 4 rings (SSSR count). The number of amides is 1. The van der Waals surface area contributed by atoms with Gasteiger partial charge in [0.2, 0.25) is 11.2 Å². The summed E-state index contributed by atoms with van der Waals surface area (Å²) in [7, 11) is 0. The van der Waals surface area contributed by atoms with E-state index in [1.165, 1.54) is 18.2 Å². The molecule has 0 radical (unpaired) electrons. The molecule has 1 amide bonds. The number of rotatable bonds is 6. The Balaban J connectivity index is 1.64. The number of ether oxygens (including phenoxy) is 2. The Hall–Kier alpha value is -4.27. The van der Waals surface area contributed by atoms with Crippen LogP contribution in [0, 0.1) is 20.8 Å². The van der Waals surface area contributed by atoms with Crippen LogP contribution in [0.25, 0.3) is 11.0 Å². The number of alkyl halides is 3. The van der Waals surface area contributed by atoms with Crippen LogP contribution in [0.15, 0.2) is 69.9 Å². The summed E-state index contributed by atoms with van der Waals surface area (Å²) in [6.07, 6.45) is -5.00. The van der Waals surface area contributed by atoms with Crippen LogP contribution in [0.2, 0.25) is 0 Å². The zero-order chi connectivity index (χ0) is 26.0. The van der Waals surface area contributed by atoms with Crippen molar-refractivity contribution in [2.24, 2.45) is 0 Å². The smallest absolute Gasteiger partial charge is 0.453 e. The maximum Gasteiger partial charge on any atom is 0.453 e. The number of carbonyl (C=O) groups is 1. The molecule has 0 spiro atoms. The van der Waals surface area contributed by atoms with Crippen molar-refractivity contribution >= 4 is 22.6 Å². The summed E-state index contributed by atoms with van der Waals surface area (Å²) >= 11 is 0. The molecule has 186 valence electrons. The van der Waals surface area contributed by atoms with E-state index in [0.29, 0.717) is 11.3 Å². The molecule has 9 heteroatoms. The number of hydrogen-bond acceptors (Lipinski definition) is 5. The molecule has 1 aromatic heterocycles. The molecule has 36 heavy (non-hydrogen) atoms. The first-order valence-corrected chi connectivity index (χ1v) is 10.9. The Morgan fingerprint density at radius 3 is 2.44 bits per heavy atom. The van der Waals surface area contributed by atoms with Crippen LogP contribution in [0.5, 0.6) is 17.2 Å². The highest BCUT2D eigenvalue weighted by Gasteiger charge is 2.40. The van der Waals surface area contributed by atoms with Crippen LogP contribution in [0.3, 0.4) is 0 Å². The number of halogens is 3. The first-order valence-electron chi connectivity index (χ1n) is 10.9. The molecule has 0 fully saturated rings. The zero-order valence-electron chi connectivity index (χ0n) is 19.7. The Bertz CT molecular complexity index is 1510. The second-order valence-corrected chi connectivity index (χ2v) is 8.27. The number of nitrogens with one attached hydrogen (secondary N) is 1. The highest BCUT2D eigenvalue weighted by molar-refractivity contribution is 5.92.